The summed E-state index contributed by atoms with van der Waals surface area (Å²) >= 11 is 0. The molecule has 1 aliphatic rings. The highest BCUT2D eigenvalue weighted by atomic mass is 15.3. The Bertz CT molecular complexity index is 792. The minimum atomic E-state index is 0.465. The van der Waals surface area contributed by atoms with Crippen LogP contribution in [0.25, 0.3) is 0 Å². The van der Waals surface area contributed by atoms with Gasteiger partial charge in [0.1, 0.15) is 0 Å². The highest BCUT2D eigenvalue weighted by Gasteiger charge is 2.19. The molecule has 0 saturated carbocycles. The predicted molar refractivity (Wildman–Crippen MR) is 96.7 cm³/mol. The molecule has 1 N–H and O–H groups in total. The van der Waals surface area contributed by atoms with E-state index in [1.165, 1.54) is 41.5 Å². The molecule has 1 unspecified atom stereocenters. The van der Waals surface area contributed by atoms with Gasteiger partial charge in [0.05, 0.1) is 12.7 Å². The fourth-order valence-corrected chi connectivity index (χ4v) is 3.56. The predicted octanol–water partition coefficient (Wildman–Crippen LogP) is 4.10. The lowest BCUT2D eigenvalue weighted by molar-refractivity contribution is 0.459. The molecule has 1 atom stereocenters. The summed E-state index contributed by atoms with van der Waals surface area (Å²) in [5, 5.41) is 8.21. The third-order valence-corrected chi connectivity index (χ3v) is 4.80. The zero-order valence-corrected chi connectivity index (χ0v) is 13.9. The van der Waals surface area contributed by atoms with E-state index in [0.29, 0.717) is 6.04 Å². The van der Waals surface area contributed by atoms with E-state index in [1.807, 2.05) is 16.9 Å². The average Bonchev–Trinajstić information content (AvgIpc) is 3.08. The molecule has 0 saturated heterocycles. The molecule has 1 heterocycles. The van der Waals surface area contributed by atoms with Gasteiger partial charge in [-0.2, -0.15) is 5.10 Å². The minimum absolute atomic E-state index is 0.465. The van der Waals surface area contributed by atoms with Crippen molar-refractivity contribution in [3.8, 4) is 0 Å². The number of hydrogen-bond donors (Lipinski definition) is 1. The van der Waals surface area contributed by atoms with Gasteiger partial charge < -0.3 is 5.32 Å². The number of nitrogens with one attached hydrogen (secondary N) is 1. The molecule has 0 aliphatic heterocycles. The second kappa shape index (κ2) is 7.02. The lowest BCUT2D eigenvalue weighted by Gasteiger charge is -2.26. The molecule has 0 fully saturated rings. The SMILES string of the molecule is c1ccc(Cn2cc(CNC3CCCc4ccccc43)cn2)cc1. The third kappa shape index (κ3) is 3.41. The van der Waals surface area contributed by atoms with Crippen LogP contribution in [0.15, 0.2) is 67.0 Å². The maximum atomic E-state index is 4.50. The number of aromatic nitrogens is 2. The normalized spacial score (nSPS) is 16.8. The first kappa shape index (κ1) is 15.2. The summed E-state index contributed by atoms with van der Waals surface area (Å²) in [7, 11) is 0. The average molecular weight is 317 g/mol. The summed E-state index contributed by atoms with van der Waals surface area (Å²) < 4.78 is 2.02. The van der Waals surface area contributed by atoms with E-state index in [9.17, 15) is 0 Å². The van der Waals surface area contributed by atoms with E-state index in [2.05, 4.69) is 65.1 Å². The summed E-state index contributed by atoms with van der Waals surface area (Å²) in [6, 6.07) is 19.8. The molecule has 1 aromatic heterocycles. The maximum Gasteiger partial charge on any atom is 0.0659 e. The van der Waals surface area contributed by atoms with Crippen LogP contribution in [0.5, 0.6) is 0 Å². The Morgan fingerprint density at radius 1 is 1.00 bits per heavy atom. The second-order valence-corrected chi connectivity index (χ2v) is 6.56. The molecule has 0 bridgehead atoms. The van der Waals surface area contributed by atoms with Gasteiger partial charge in [0.2, 0.25) is 0 Å². The molecule has 0 amide bonds. The highest BCUT2D eigenvalue weighted by Crippen LogP contribution is 2.29. The van der Waals surface area contributed by atoms with E-state index >= 15 is 0 Å². The Labute approximate surface area is 143 Å². The van der Waals surface area contributed by atoms with Crippen molar-refractivity contribution in [2.75, 3.05) is 0 Å². The highest BCUT2D eigenvalue weighted by molar-refractivity contribution is 5.32. The molecule has 3 aromatic rings. The molecule has 2 aromatic carbocycles. The second-order valence-electron chi connectivity index (χ2n) is 6.56. The van der Waals surface area contributed by atoms with Gasteiger partial charge >= 0.3 is 0 Å². The van der Waals surface area contributed by atoms with Crippen LogP contribution in [-0.4, -0.2) is 9.78 Å². The van der Waals surface area contributed by atoms with Gasteiger partial charge in [0, 0.05) is 24.3 Å². The molecule has 122 valence electrons. The molecular weight excluding hydrogens is 294 g/mol. The van der Waals surface area contributed by atoms with Crippen molar-refractivity contribution in [2.24, 2.45) is 0 Å². The first-order valence-corrected chi connectivity index (χ1v) is 8.75. The molecule has 1 aliphatic carbocycles. The molecule has 3 nitrogen and oxygen atoms in total. The van der Waals surface area contributed by atoms with Gasteiger partial charge in [-0.25, -0.2) is 0 Å². The number of hydrogen-bond acceptors (Lipinski definition) is 2. The van der Waals surface area contributed by atoms with Crippen LogP contribution in [0.3, 0.4) is 0 Å². The molecule has 0 radical (unpaired) electrons. The topological polar surface area (TPSA) is 29.9 Å². The number of aryl methyl sites for hydroxylation is 1. The quantitative estimate of drug-likeness (QED) is 0.768. The van der Waals surface area contributed by atoms with E-state index in [0.717, 1.165) is 13.1 Å². The summed E-state index contributed by atoms with van der Waals surface area (Å²) in [6.07, 6.45) is 7.82. The number of rotatable bonds is 5. The van der Waals surface area contributed by atoms with Gasteiger partial charge in [-0.1, -0.05) is 54.6 Å². The fraction of sp³-hybridized carbons (Fsp3) is 0.286. The van der Waals surface area contributed by atoms with Crippen molar-refractivity contribution in [1.29, 1.82) is 0 Å². The summed E-state index contributed by atoms with van der Waals surface area (Å²) in [5.74, 6) is 0. The van der Waals surface area contributed by atoms with Crippen LogP contribution in [0.4, 0.5) is 0 Å². The lowest BCUT2D eigenvalue weighted by atomic mass is 9.88. The van der Waals surface area contributed by atoms with Crippen LogP contribution in [0.1, 0.15) is 41.1 Å². The smallest absolute Gasteiger partial charge is 0.0659 e. The Kier molecular flexibility index (Phi) is 4.43. The van der Waals surface area contributed by atoms with Crippen LogP contribution < -0.4 is 5.32 Å². The van der Waals surface area contributed by atoms with Crippen molar-refractivity contribution in [2.45, 2.75) is 38.4 Å². The van der Waals surface area contributed by atoms with E-state index in [1.54, 1.807) is 0 Å². The third-order valence-electron chi connectivity index (χ3n) is 4.80. The van der Waals surface area contributed by atoms with Gasteiger partial charge in [0.25, 0.3) is 0 Å². The zero-order chi connectivity index (χ0) is 16.2. The van der Waals surface area contributed by atoms with Crippen molar-refractivity contribution in [3.63, 3.8) is 0 Å². The van der Waals surface area contributed by atoms with Crippen LogP contribution >= 0.6 is 0 Å². The Morgan fingerprint density at radius 2 is 1.83 bits per heavy atom. The largest absolute Gasteiger partial charge is 0.306 e. The maximum absolute atomic E-state index is 4.50. The molecule has 24 heavy (non-hydrogen) atoms. The number of nitrogens with zero attached hydrogens (tertiary/aromatic N) is 2. The fourth-order valence-electron chi connectivity index (χ4n) is 3.56. The Balaban J connectivity index is 1.39. The molecule has 4 rings (SSSR count). The van der Waals surface area contributed by atoms with Crippen LogP contribution in [-0.2, 0) is 19.5 Å². The van der Waals surface area contributed by atoms with E-state index in [-0.39, 0.29) is 0 Å². The number of fused-ring (bicyclic) bond motifs is 1. The molecule has 3 heteroatoms. The summed E-state index contributed by atoms with van der Waals surface area (Å²) in [6.45, 7) is 1.70. The van der Waals surface area contributed by atoms with Crippen molar-refractivity contribution in [3.05, 3.63) is 89.2 Å². The Hall–Kier alpha value is -2.39. The minimum Gasteiger partial charge on any atom is -0.306 e. The lowest BCUT2D eigenvalue weighted by Crippen LogP contribution is -2.24. The van der Waals surface area contributed by atoms with Crippen molar-refractivity contribution < 1.29 is 0 Å². The number of benzene rings is 2. The first-order chi connectivity index (χ1) is 11.9. The van der Waals surface area contributed by atoms with E-state index < -0.39 is 0 Å². The molecule has 0 spiro atoms. The van der Waals surface area contributed by atoms with Gasteiger partial charge in [0.15, 0.2) is 0 Å². The molecular formula is C21H23N3. The van der Waals surface area contributed by atoms with Gasteiger partial charge in [-0.3, -0.25) is 4.68 Å². The van der Waals surface area contributed by atoms with Crippen molar-refractivity contribution in [1.82, 2.24) is 15.1 Å². The summed E-state index contributed by atoms with van der Waals surface area (Å²) in [5.41, 5.74) is 5.50. The van der Waals surface area contributed by atoms with Crippen LogP contribution in [0.2, 0.25) is 0 Å². The standard InChI is InChI=1S/C21H23N3/c1-2-7-17(8-3-1)15-24-16-18(14-23-24)13-22-21-12-6-10-19-9-4-5-11-20(19)21/h1-5,7-9,11,14,16,21-22H,6,10,12-13,15H2. The zero-order valence-electron chi connectivity index (χ0n) is 13.9. The summed E-state index contributed by atoms with van der Waals surface area (Å²) in [4.78, 5) is 0. The van der Waals surface area contributed by atoms with Crippen LogP contribution in [0, 0.1) is 0 Å². The Morgan fingerprint density at radius 3 is 2.75 bits per heavy atom. The monoisotopic (exact) mass is 317 g/mol. The van der Waals surface area contributed by atoms with E-state index in [4.69, 9.17) is 0 Å². The van der Waals surface area contributed by atoms with Crippen molar-refractivity contribution >= 4 is 0 Å². The first-order valence-electron chi connectivity index (χ1n) is 8.75. The van der Waals surface area contributed by atoms with Gasteiger partial charge in [-0.15, -0.1) is 0 Å². The van der Waals surface area contributed by atoms with Gasteiger partial charge in [-0.05, 0) is 36.0 Å².